The number of amides is 1. The Labute approximate surface area is 190 Å². The number of amidine groups is 1. The van der Waals surface area contributed by atoms with Crippen molar-refractivity contribution in [2.45, 2.75) is 19.4 Å². The number of nitrogens with one attached hydrogen (secondary N) is 1. The molecule has 1 atom stereocenters. The number of carbonyl (C=O) groups is 2. The van der Waals surface area contributed by atoms with Crippen molar-refractivity contribution < 1.29 is 19.1 Å². The van der Waals surface area contributed by atoms with Gasteiger partial charge < -0.3 is 19.7 Å². The van der Waals surface area contributed by atoms with Crippen LogP contribution in [0.1, 0.15) is 24.9 Å². The van der Waals surface area contributed by atoms with Gasteiger partial charge in [-0.3, -0.25) is 4.79 Å². The molecule has 2 aromatic rings. The van der Waals surface area contributed by atoms with Crippen molar-refractivity contribution in [3.63, 3.8) is 0 Å². The molecule has 0 saturated carbocycles. The van der Waals surface area contributed by atoms with E-state index in [1.54, 1.807) is 26.2 Å². The van der Waals surface area contributed by atoms with Gasteiger partial charge in [0.2, 0.25) is 5.91 Å². The molecule has 0 aromatic heterocycles. The van der Waals surface area contributed by atoms with Crippen molar-refractivity contribution in [2.24, 2.45) is 4.99 Å². The number of ether oxygens (including phenoxy) is 2. The Morgan fingerprint density at radius 2 is 1.91 bits per heavy atom. The highest BCUT2D eigenvalue weighted by Gasteiger charge is 2.40. The monoisotopic (exact) mass is 449 g/mol. The molecule has 2 aliphatic rings. The average molecular weight is 450 g/mol. The third-order valence-electron chi connectivity index (χ3n) is 5.22. The van der Waals surface area contributed by atoms with E-state index in [-0.39, 0.29) is 12.3 Å². The number of anilines is 1. The molecule has 1 unspecified atom stereocenters. The zero-order chi connectivity index (χ0) is 22.7. The van der Waals surface area contributed by atoms with E-state index in [1.807, 2.05) is 52.8 Å². The number of nitrogens with zero attached hydrogens (tertiary/aromatic N) is 2. The van der Waals surface area contributed by atoms with E-state index in [4.69, 9.17) is 9.47 Å². The molecule has 1 amide bonds. The number of esters is 1. The van der Waals surface area contributed by atoms with Crippen LogP contribution in [0.5, 0.6) is 5.75 Å². The fourth-order valence-corrected chi connectivity index (χ4v) is 4.73. The molecule has 164 valence electrons. The molecule has 0 saturated heterocycles. The number of allylic oxidation sites excluding steroid dienone is 1. The SMILES string of the molecule is COC(=O)C1=C(C)N=C2SC=C(CC(=O)Nc3cccc(OC)c3)N2C1c1ccccc1. The first-order valence-electron chi connectivity index (χ1n) is 10.0. The first-order valence-corrected chi connectivity index (χ1v) is 10.9. The summed E-state index contributed by atoms with van der Waals surface area (Å²) >= 11 is 1.44. The van der Waals surface area contributed by atoms with Crippen LogP contribution in [0, 0.1) is 0 Å². The molecule has 2 heterocycles. The second-order valence-electron chi connectivity index (χ2n) is 7.25. The number of hydrogen-bond acceptors (Lipinski definition) is 7. The number of benzene rings is 2. The number of thioether (sulfide) groups is 1. The summed E-state index contributed by atoms with van der Waals surface area (Å²) in [6, 6.07) is 16.5. The van der Waals surface area contributed by atoms with E-state index in [9.17, 15) is 9.59 Å². The van der Waals surface area contributed by atoms with Gasteiger partial charge in [0.1, 0.15) is 5.75 Å². The molecule has 8 heteroatoms. The molecule has 0 bridgehead atoms. The van der Waals surface area contributed by atoms with Crippen molar-refractivity contribution >= 4 is 34.5 Å². The molecule has 32 heavy (non-hydrogen) atoms. The van der Waals surface area contributed by atoms with Gasteiger partial charge in [0.25, 0.3) is 0 Å². The van der Waals surface area contributed by atoms with Crippen molar-refractivity contribution in [1.29, 1.82) is 0 Å². The predicted molar refractivity (Wildman–Crippen MR) is 125 cm³/mol. The molecule has 0 spiro atoms. The van der Waals surface area contributed by atoms with Crippen molar-refractivity contribution in [1.82, 2.24) is 4.90 Å². The highest BCUT2D eigenvalue weighted by molar-refractivity contribution is 8.16. The molecule has 0 aliphatic carbocycles. The quantitative estimate of drug-likeness (QED) is 0.656. The normalized spacial score (nSPS) is 17.3. The summed E-state index contributed by atoms with van der Waals surface area (Å²) in [6.07, 6.45) is 0.125. The van der Waals surface area contributed by atoms with Crippen LogP contribution < -0.4 is 10.1 Å². The van der Waals surface area contributed by atoms with Gasteiger partial charge in [-0.2, -0.15) is 0 Å². The van der Waals surface area contributed by atoms with E-state index >= 15 is 0 Å². The zero-order valence-electron chi connectivity index (χ0n) is 18.0. The van der Waals surface area contributed by atoms with Gasteiger partial charge in [-0.25, -0.2) is 9.79 Å². The van der Waals surface area contributed by atoms with Crippen LogP contribution in [-0.2, 0) is 14.3 Å². The van der Waals surface area contributed by atoms with Crippen molar-refractivity contribution in [3.05, 3.63) is 82.5 Å². The molecule has 1 N–H and O–H groups in total. The van der Waals surface area contributed by atoms with Crippen molar-refractivity contribution in [3.8, 4) is 5.75 Å². The van der Waals surface area contributed by atoms with E-state index in [1.165, 1.54) is 18.9 Å². The maximum absolute atomic E-state index is 12.8. The van der Waals surface area contributed by atoms with Gasteiger partial charge in [0, 0.05) is 17.5 Å². The second-order valence-corrected chi connectivity index (χ2v) is 8.09. The van der Waals surface area contributed by atoms with Crippen LogP contribution in [-0.4, -0.2) is 36.2 Å². The Morgan fingerprint density at radius 1 is 1.12 bits per heavy atom. The summed E-state index contributed by atoms with van der Waals surface area (Å²) in [5, 5.41) is 5.55. The third kappa shape index (κ3) is 4.27. The molecule has 0 radical (unpaired) electrons. The lowest BCUT2D eigenvalue weighted by atomic mass is 9.94. The minimum Gasteiger partial charge on any atom is -0.497 e. The van der Waals surface area contributed by atoms with Crippen LogP contribution in [0.25, 0.3) is 0 Å². The van der Waals surface area contributed by atoms with Gasteiger partial charge in [0.15, 0.2) is 5.17 Å². The van der Waals surface area contributed by atoms with Gasteiger partial charge in [-0.05, 0) is 30.0 Å². The maximum atomic E-state index is 12.8. The smallest absolute Gasteiger partial charge is 0.338 e. The number of carbonyl (C=O) groups excluding carboxylic acids is 2. The van der Waals surface area contributed by atoms with E-state index in [0.29, 0.717) is 22.7 Å². The molecule has 2 aliphatic heterocycles. The fourth-order valence-electron chi connectivity index (χ4n) is 3.76. The van der Waals surface area contributed by atoms with Crippen LogP contribution in [0.3, 0.4) is 0 Å². The summed E-state index contributed by atoms with van der Waals surface area (Å²) in [6.45, 7) is 1.81. The lowest BCUT2D eigenvalue weighted by molar-refractivity contribution is -0.136. The van der Waals surface area contributed by atoms with Gasteiger partial charge >= 0.3 is 5.97 Å². The average Bonchev–Trinajstić information content (AvgIpc) is 3.20. The van der Waals surface area contributed by atoms with Crippen molar-refractivity contribution in [2.75, 3.05) is 19.5 Å². The second kappa shape index (κ2) is 9.32. The first-order chi connectivity index (χ1) is 15.5. The Bertz CT molecular complexity index is 1140. The van der Waals surface area contributed by atoms with E-state index in [0.717, 1.165) is 16.4 Å². The number of hydrogen-bond donors (Lipinski definition) is 1. The van der Waals surface area contributed by atoms with E-state index < -0.39 is 12.0 Å². The lowest BCUT2D eigenvalue weighted by Crippen LogP contribution is -2.37. The van der Waals surface area contributed by atoms with E-state index in [2.05, 4.69) is 10.3 Å². The fraction of sp³-hybridized carbons (Fsp3) is 0.208. The maximum Gasteiger partial charge on any atom is 0.338 e. The van der Waals surface area contributed by atoms with Gasteiger partial charge in [-0.1, -0.05) is 48.2 Å². The topological polar surface area (TPSA) is 80.2 Å². The van der Waals surface area contributed by atoms with Crippen LogP contribution in [0.4, 0.5) is 5.69 Å². The first kappa shape index (κ1) is 21.7. The molecule has 2 aromatic carbocycles. The highest BCUT2D eigenvalue weighted by atomic mass is 32.2. The largest absolute Gasteiger partial charge is 0.497 e. The zero-order valence-corrected chi connectivity index (χ0v) is 18.8. The Kier molecular flexibility index (Phi) is 6.32. The van der Waals surface area contributed by atoms with Gasteiger partial charge in [-0.15, -0.1) is 0 Å². The number of rotatable bonds is 6. The minimum absolute atomic E-state index is 0.125. The number of aliphatic imine (C=N–C) groups is 1. The molecule has 7 nitrogen and oxygen atoms in total. The summed E-state index contributed by atoms with van der Waals surface area (Å²) in [7, 11) is 2.94. The number of methoxy groups -OCH3 is 2. The molecule has 0 fully saturated rings. The Hall–Kier alpha value is -3.52. The highest BCUT2D eigenvalue weighted by Crippen LogP contribution is 2.44. The van der Waals surface area contributed by atoms with Crippen LogP contribution in [0.15, 0.2) is 82.0 Å². The predicted octanol–water partition coefficient (Wildman–Crippen LogP) is 4.47. The summed E-state index contributed by atoms with van der Waals surface area (Å²) < 4.78 is 10.3. The Morgan fingerprint density at radius 3 is 2.62 bits per heavy atom. The van der Waals surface area contributed by atoms with Crippen LogP contribution >= 0.6 is 11.8 Å². The molecule has 4 rings (SSSR count). The molecular weight excluding hydrogens is 426 g/mol. The Balaban J connectivity index is 1.62. The minimum atomic E-state index is -0.434. The standard InChI is InChI=1S/C24H23N3O4S/c1-15-21(23(29)31-3)22(16-8-5-4-6-9-16)27-18(14-32-24(27)25-15)13-20(28)26-17-10-7-11-19(12-17)30-2/h4-12,14,22H,13H2,1-3H3,(H,26,28). The third-order valence-corrected chi connectivity index (χ3v) is 6.11. The van der Waals surface area contributed by atoms with Gasteiger partial charge in [0.05, 0.1) is 38.0 Å². The summed E-state index contributed by atoms with van der Waals surface area (Å²) in [5.74, 6) is 0.0525. The summed E-state index contributed by atoms with van der Waals surface area (Å²) in [5.41, 5.74) is 3.40. The lowest BCUT2D eigenvalue weighted by Gasteiger charge is -2.36. The van der Waals surface area contributed by atoms with Crippen LogP contribution in [0.2, 0.25) is 0 Å². The summed E-state index contributed by atoms with van der Waals surface area (Å²) in [4.78, 5) is 32.1. The number of fused-ring (bicyclic) bond motifs is 1. The molecular formula is C24H23N3O4S.